The maximum Gasteiger partial charge on any atom is 0.343 e. The van der Waals surface area contributed by atoms with E-state index in [1.807, 2.05) is 48.5 Å². The summed E-state index contributed by atoms with van der Waals surface area (Å²) in [5, 5.41) is 1.21. The number of para-hydroxylation sites is 2. The Balaban J connectivity index is 1.85. The zero-order valence-corrected chi connectivity index (χ0v) is 15.7. The predicted molar refractivity (Wildman–Crippen MR) is 112 cm³/mol. The van der Waals surface area contributed by atoms with Gasteiger partial charge in [-0.3, -0.25) is 4.79 Å². The number of aryl methyl sites for hydroxylation is 1. The Bertz CT molecular complexity index is 1210. The number of carbonyl (C=O) groups excluding carboxylic acids is 1. The Morgan fingerprint density at radius 1 is 0.893 bits per heavy atom. The lowest BCUT2D eigenvalue weighted by Crippen LogP contribution is -2.14. The van der Waals surface area contributed by atoms with Gasteiger partial charge in [-0.05, 0) is 48.9 Å². The van der Waals surface area contributed by atoms with E-state index in [0.717, 1.165) is 30.4 Å². The first-order valence-electron chi connectivity index (χ1n) is 9.51. The Labute approximate surface area is 163 Å². The number of ether oxygens (including phenoxy) is 1. The first-order chi connectivity index (χ1) is 13.7. The molecule has 0 saturated heterocycles. The van der Waals surface area contributed by atoms with Crippen LogP contribution in [-0.2, 0) is 6.54 Å². The van der Waals surface area contributed by atoms with Gasteiger partial charge < -0.3 is 9.30 Å². The summed E-state index contributed by atoms with van der Waals surface area (Å²) in [6, 6.07) is 21.8. The molecule has 0 bridgehead atoms. The average Bonchev–Trinajstić information content (AvgIpc) is 2.74. The van der Waals surface area contributed by atoms with E-state index in [-0.39, 0.29) is 5.43 Å². The van der Waals surface area contributed by atoms with Crippen LogP contribution in [0, 0.1) is 0 Å². The Morgan fingerprint density at radius 3 is 2.39 bits per heavy atom. The lowest BCUT2D eigenvalue weighted by Gasteiger charge is -2.15. The molecule has 140 valence electrons. The van der Waals surface area contributed by atoms with Gasteiger partial charge in [0.1, 0.15) is 5.75 Å². The van der Waals surface area contributed by atoms with Crippen LogP contribution < -0.4 is 10.2 Å². The highest BCUT2D eigenvalue weighted by atomic mass is 16.5. The van der Waals surface area contributed by atoms with Crippen molar-refractivity contribution in [2.75, 3.05) is 0 Å². The summed E-state index contributed by atoms with van der Waals surface area (Å²) >= 11 is 0. The summed E-state index contributed by atoms with van der Waals surface area (Å²) in [7, 11) is 0. The Kier molecular flexibility index (Phi) is 4.94. The highest BCUT2D eigenvalue weighted by molar-refractivity contribution is 5.99. The molecule has 4 nitrogen and oxygen atoms in total. The van der Waals surface area contributed by atoms with E-state index < -0.39 is 5.97 Å². The maximum absolute atomic E-state index is 13.1. The van der Waals surface area contributed by atoms with Crippen LogP contribution >= 0.6 is 0 Å². The molecule has 0 fully saturated rings. The second-order valence-electron chi connectivity index (χ2n) is 6.79. The molecule has 0 spiro atoms. The van der Waals surface area contributed by atoms with Gasteiger partial charge in [0.05, 0.1) is 16.6 Å². The summed E-state index contributed by atoms with van der Waals surface area (Å²) in [6.07, 6.45) is 2.07. The van der Waals surface area contributed by atoms with Crippen LogP contribution in [0.2, 0.25) is 0 Å². The van der Waals surface area contributed by atoms with Crippen molar-refractivity contribution >= 4 is 27.8 Å². The summed E-state index contributed by atoms with van der Waals surface area (Å²) in [5.41, 5.74) is 2.07. The molecule has 4 aromatic rings. The minimum Gasteiger partial charge on any atom is -0.423 e. The molecule has 0 radical (unpaired) electrons. The molecular weight excluding hydrogens is 350 g/mol. The van der Waals surface area contributed by atoms with E-state index in [1.165, 1.54) is 0 Å². The third kappa shape index (κ3) is 3.29. The summed E-state index contributed by atoms with van der Waals surface area (Å²) in [4.78, 5) is 25.6. The predicted octanol–water partition coefficient (Wildman–Crippen LogP) is 5.17. The third-order valence-electron chi connectivity index (χ3n) is 4.90. The van der Waals surface area contributed by atoms with Gasteiger partial charge >= 0.3 is 5.97 Å². The van der Waals surface area contributed by atoms with Crippen molar-refractivity contribution in [3.63, 3.8) is 0 Å². The number of aromatic nitrogens is 1. The van der Waals surface area contributed by atoms with Crippen LogP contribution in [0.4, 0.5) is 0 Å². The molecule has 1 heterocycles. The number of rotatable bonds is 5. The van der Waals surface area contributed by atoms with Gasteiger partial charge in [-0.25, -0.2) is 4.79 Å². The molecule has 3 aromatic carbocycles. The quantitative estimate of drug-likeness (QED) is 0.276. The molecule has 4 rings (SSSR count). The summed E-state index contributed by atoms with van der Waals surface area (Å²) in [5.74, 6) is 0.00670. The van der Waals surface area contributed by atoms with E-state index >= 15 is 0 Å². The molecule has 0 unspecified atom stereocenters. The smallest absolute Gasteiger partial charge is 0.343 e. The molecule has 28 heavy (non-hydrogen) atoms. The molecule has 0 saturated carbocycles. The second kappa shape index (κ2) is 7.69. The first kappa shape index (κ1) is 18.0. The average molecular weight is 371 g/mol. The Morgan fingerprint density at radius 2 is 1.61 bits per heavy atom. The van der Waals surface area contributed by atoms with E-state index in [9.17, 15) is 9.59 Å². The van der Waals surface area contributed by atoms with E-state index in [2.05, 4.69) is 11.5 Å². The highest BCUT2D eigenvalue weighted by Gasteiger charge is 2.14. The van der Waals surface area contributed by atoms with Gasteiger partial charge in [-0.1, -0.05) is 43.7 Å². The number of nitrogens with zero attached hydrogens (tertiary/aromatic N) is 1. The van der Waals surface area contributed by atoms with Gasteiger partial charge in [0.25, 0.3) is 0 Å². The highest BCUT2D eigenvalue weighted by Crippen LogP contribution is 2.22. The number of esters is 1. The van der Waals surface area contributed by atoms with Crippen molar-refractivity contribution in [1.82, 2.24) is 4.57 Å². The molecule has 0 aliphatic heterocycles. The zero-order chi connectivity index (χ0) is 19.5. The summed E-state index contributed by atoms with van der Waals surface area (Å²) in [6.45, 7) is 2.96. The van der Waals surface area contributed by atoms with Crippen LogP contribution in [0.15, 0.2) is 77.6 Å². The fraction of sp³-hybridized carbons (Fsp3) is 0.167. The third-order valence-corrected chi connectivity index (χ3v) is 4.90. The van der Waals surface area contributed by atoms with Crippen molar-refractivity contribution < 1.29 is 9.53 Å². The zero-order valence-electron chi connectivity index (χ0n) is 15.7. The normalized spacial score (nSPS) is 11.0. The molecular formula is C24H21NO3. The molecule has 4 heteroatoms. The van der Waals surface area contributed by atoms with Gasteiger partial charge in [0, 0.05) is 17.3 Å². The molecule has 1 aromatic heterocycles. The molecule has 0 atom stereocenters. The van der Waals surface area contributed by atoms with Crippen molar-refractivity contribution in [1.29, 1.82) is 0 Å². The van der Waals surface area contributed by atoms with Crippen molar-refractivity contribution in [2.45, 2.75) is 26.3 Å². The second-order valence-corrected chi connectivity index (χ2v) is 6.79. The van der Waals surface area contributed by atoms with E-state index in [0.29, 0.717) is 22.1 Å². The summed E-state index contributed by atoms with van der Waals surface area (Å²) < 4.78 is 7.59. The first-order valence-corrected chi connectivity index (χ1v) is 9.51. The fourth-order valence-corrected chi connectivity index (χ4v) is 3.47. The standard InChI is InChI=1S/C24H21NO3/c1-2-3-15-25-21-12-8-7-11-19(21)23(26)20-16-17(13-14-22(20)25)24(27)28-18-9-5-4-6-10-18/h4-14,16H,2-3,15H2,1H3. The molecule has 0 aliphatic rings. The van der Waals surface area contributed by atoms with E-state index in [4.69, 9.17) is 4.74 Å². The van der Waals surface area contributed by atoms with Crippen LogP contribution in [0.25, 0.3) is 21.8 Å². The van der Waals surface area contributed by atoms with Gasteiger partial charge in [0.15, 0.2) is 5.43 Å². The number of pyridine rings is 1. The van der Waals surface area contributed by atoms with Gasteiger partial charge in [-0.2, -0.15) is 0 Å². The largest absolute Gasteiger partial charge is 0.423 e. The lowest BCUT2D eigenvalue weighted by molar-refractivity contribution is 0.0735. The number of fused-ring (bicyclic) bond motifs is 2. The molecule has 0 aliphatic carbocycles. The van der Waals surface area contributed by atoms with Gasteiger partial charge in [0.2, 0.25) is 0 Å². The Hall–Kier alpha value is -3.40. The number of carbonyl (C=O) groups is 1. The number of benzene rings is 3. The van der Waals surface area contributed by atoms with Crippen LogP contribution in [0.5, 0.6) is 5.75 Å². The van der Waals surface area contributed by atoms with Crippen LogP contribution in [-0.4, -0.2) is 10.5 Å². The topological polar surface area (TPSA) is 48.3 Å². The van der Waals surface area contributed by atoms with E-state index in [1.54, 1.807) is 24.3 Å². The maximum atomic E-state index is 13.1. The minimum absolute atomic E-state index is 0.0623. The van der Waals surface area contributed by atoms with Crippen molar-refractivity contribution in [3.05, 3.63) is 88.6 Å². The minimum atomic E-state index is -0.472. The van der Waals surface area contributed by atoms with Crippen molar-refractivity contribution in [2.24, 2.45) is 0 Å². The number of hydrogen-bond donors (Lipinski definition) is 0. The van der Waals surface area contributed by atoms with Crippen LogP contribution in [0.3, 0.4) is 0 Å². The van der Waals surface area contributed by atoms with Crippen molar-refractivity contribution in [3.8, 4) is 5.75 Å². The number of unbranched alkanes of at least 4 members (excludes halogenated alkanes) is 1. The fourth-order valence-electron chi connectivity index (χ4n) is 3.47. The monoisotopic (exact) mass is 371 g/mol. The molecule has 0 N–H and O–H groups in total. The lowest BCUT2D eigenvalue weighted by atomic mass is 10.1. The molecule has 0 amide bonds. The SMILES string of the molecule is CCCCn1c2ccccc2c(=O)c2cc(C(=O)Oc3ccccc3)ccc21. The van der Waals surface area contributed by atoms with Gasteiger partial charge in [-0.15, -0.1) is 0 Å². The number of hydrogen-bond acceptors (Lipinski definition) is 3. The van der Waals surface area contributed by atoms with Crippen LogP contribution in [0.1, 0.15) is 30.1 Å².